The largest absolute Gasteiger partial charge is 0.398 e. The number of amides is 1. The number of carbonyl (C=O) groups is 1. The summed E-state index contributed by atoms with van der Waals surface area (Å²) in [7, 11) is 3.93. The van der Waals surface area contributed by atoms with Crippen LogP contribution < -0.4 is 11.3 Å². The summed E-state index contributed by atoms with van der Waals surface area (Å²) in [5, 5.41) is 0. The highest BCUT2D eigenvalue weighted by atomic mass is 16.2. The Labute approximate surface area is 125 Å². The van der Waals surface area contributed by atoms with Gasteiger partial charge in [-0.25, -0.2) is 0 Å². The maximum absolute atomic E-state index is 12.2. The standard InChI is InChI=1S/C15H24N4O2/c1-17-7-5-12(6-8-17)9-18(2)15(21)11-19-10-13(16)3-4-14(19)20/h3-4,10,12H,5-9,11,16H2,1-2H3. The third-order valence-electron chi connectivity index (χ3n) is 4.11. The lowest BCUT2D eigenvalue weighted by molar-refractivity contribution is -0.131. The number of nitrogens with two attached hydrogens (primary N) is 1. The molecule has 1 aliphatic heterocycles. The third-order valence-corrected chi connectivity index (χ3v) is 4.11. The Balaban J connectivity index is 1.90. The number of aromatic nitrogens is 1. The first kappa shape index (κ1) is 15.6. The molecule has 0 atom stereocenters. The van der Waals surface area contributed by atoms with E-state index in [-0.39, 0.29) is 18.0 Å². The van der Waals surface area contributed by atoms with Crippen molar-refractivity contribution >= 4 is 11.6 Å². The second kappa shape index (κ2) is 6.76. The summed E-state index contributed by atoms with van der Waals surface area (Å²) in [4.78, 5) is 28.0. The fourth-order valence-corrected chi connectivity index (χ4v) is 2.67. The van der Waals surface area contributed by atoms with E-state index in [1.807, 2.05) is 0 Å². The molecule has 21 heavy (non-hydrogen) atoms. The molecule has 2 heterocycles. The van der Waals surface area contributed by atoms with Crippen LogP contribution in [0.2, 0.25) is 0 Å². The second-order valence-corrected chi connectivity index (χ2v) is 5.95. The van der Waals surface area contributed by atoms with Gasteiger partial charge in [0.1, 0.15) is 6.54 Å². The Morgan fingerprint density at radius 2 is 2.05 bits per heavy atom. The van der Waals surface area contributed by atoms with Crippen molar-refractivity contribution in [3.05, 3.63) is 28.7 Å². The first-order valence-corrected chi connectivity index (χ1v) is 7.34. The highest BCUT2D eigenvalue weighted by molar-refractivity contribution is 5.75. The van der Waals surface area contributed by atoms with Crippen LogP contribution in [0.1, 0.15) is 12.8 Å². The molecule has 0 unspecified atom stereocenters. The van der Waals surface area contributed by atoms with Gasteiger partial charge < -0.3 is 20.1 Å². The van der Waals surface area contributed by atoms with Gasteiger partial charge in [0.25, 0.3) is 5.56 Å². The van der Waals surface area contributed by atoms with Gasteiger partial charge in [-0.05, 0) is 45.0 Å². The smallest absolute Gasteiger partial charge is 0.251 e. The van der Waals surface area contributed by atoms with Crippen molar-refractivity contribution < 1.29 is 4.79 Å². The zero-order chi connectivity index (χ0) is 15.4. The molecule has 1 aliphatic rings. The fraction of sp³-hybridized carbons (Fsp3) is 0.600. The van der Waals surface area contributed by atoms with E-state index >= 15 is 0 Å². The van der Waals surface area contributed by atoms with Gasteiger partial charge in [0, 0.05) is 31.5 Å². The number of piperidine rings is 1. The SMILES string of the molecule is CN1CCC(CN(C)C(=O)Cn2cc(N)ccc2=O)CC1. The summed E-state index contributed by atoms with van der Waals surface area (Å²) in [6, 6.07) is 2.94. The summed E-state index contributed by atoms with van der Waals surface area (Å²) >= 11 is 0. The highest BCUT2D eigenvalue weighted by Gasteiger charge is 2.20. The average Bonchev–Trinajstić information content (AvgIpc) is 2.45. The zero-order valence-corrected chi connectivity index (χ0v) is 12.8. The van der Waals surface area contributed by atoms with Crippen molar-refractivity contribution in [3.63, 3.8) is 0 Å². The fourth-order valence-electron chi connectivity index (χ4n) is 2.67. The van der Waals surface area contributed by atoms with E-state index in [4.69, 9.17) is 5.73 Å². The predicted octanol–water partition coefficient (Wildman–Crippen LogP) is 0.231. The Hall–Kier alpha value is -1.82. The topological polar surface area (TPSA) is 71.6 Å². The van der Waals surface area contributed by atoms with Crippen molar-refractivity contribution in [3.8, 4) is 0 Å². The molecule has 2 N–H and O–H groups in total. The van der Waals surface area contributed by atoms with Crippen LogP contribution in [-0.4, -0.2) is 54.0 Å². The Morgan fingerprint density at radius 3 is 2.71 bits per heavy atom. The molecule has 1 aromatic heterocycles. The van der Waals surface area contributed by atoms with Gasteiger partial charge in [0.05, 0.1) is 0 Å². The lowest BCUT2D eigenvalue weighted by Crippen LogP contribution is -2.40. The predicted molar refractivity (Wildman–Crippen MR) is 83.0 cm³/mol. The van der Waals surface area contributed by atoms with Crippen molar-refractivity contribution in [2.75, 3.05) is 39.5 Å². The molecule has 2 rings (SSSR count). The molecule has 0 radical (unpaired) electrons. The molecule has 0 bridgehead atoms. The van der Waals surface area contributed by atoms with Crippen LogP contribution in [0, 0.1) is 5.92 Å². The van der Waals surface area contributed by atoms with Gasteiger partial charge in [0.2, 0.25) is 5.91 Å². The van der Waals surface area contributed by atoms with Gasteiger partial charge in [-0.3, -0.25) is 9.59 Å². The quantitative estimate of drug-likeness (QED) is 0.862. The van der Waals surface area contributed by atoms with E-state index in [2.05, 4.69) is 11.9 Å². The van der Waals surface area contributed by atoms with Crippen molar-refractivity contribution in [1.82, 2.24) is 14.4 Å². The van der Waals surface area contributed by atoms with Crippen molar-refractivity contribution in [1.29, 1.82) is 0 Å². The van der Waals surface area contributed by atoms with Gasteiger partial charge >= 0.3 is 0 Å². The van der Waals surface area contributed by atoms with Crippen LogP contribution in [0.4, 0.5) is 5.69 Å². The Morgan fingerprint density at radius 1 is 1.38 bits per heavy atom. The number of nitrogens with zero attached hydrogens (tertiary/aromatic N) is 3. The molecule has 0 aliphatic carbocycles. The summed E-state index contributed by atoms with van der Waals surface area (Å²) < 4.78 is 1.36. The summed E-state index contributed by atoms with van der Waals surface area (Å²) in [5.74, 6) is 0.495. The number of hydrogen-bond donors (Lipinski definition) is 1. The minimum atomic E-state index is -0.203. The maximum Gasteiger partial charge on any atom is 0.251 e. The molecule has 1 amide bonds. The average molecular weight is 292 g/mol. The molecular formula is C15H24N4O2. The van der Waals surface area contributed by atoms with Crippen molar-refractivity contribution in [2.45, 2.75) is 19.4 Å². The summed E-state index contributed by atoms with van der Waals surface area (Å²) in [5.41, 5.74) is 5.94. The van der Waals surface area contributed by atoms with Crippen LogP contribution >= 0.6 is 0 Å². The normalized spacial score (nSPS) is 16.9. The molecule has 6 heteroatoms. The van der Waals surface area contributed by atoms with Gasteiger partial charge in [0.15, 0.2) is 0 Å². The Kier molecular flexibility index (Phi) is 5.01. The number of hydrogen-bond acceptors (Lipinski definition) is 4. The minimum absolute atomic E-state index is 0.0486. The Bertz CT molecular complexity index is 547. The van der Waals surface area contributed by atoms with E-state index in [1.54, 1.807) is 18.0 Å². The number of nitrogen functional groups attached to an aromatic ring is 1. The highest BCUT2D eigenvalue weighted by Crippen LogP contribution is 2.16. The molecule has 0 aromatic carbocycles. The molecule has 6 nitrogen and oxygen atoms in total. The van der Waals surface area contributed by atoms with Crippen molar-refractivity contribution in [2.24, 2.45) is 5.92 Å². The lowest BCUT2D eigenvalue weighted by Gasteiger charge is -2.31. The molecule has 116 valence electrons. The molecule has 1 aromatic rings. The van der Waals surface area contributed by atoms with Crippen LogP contribution in [0.25, 0.3) is 0 Å². The van der Waals surface area contributed by atoms with E-state index in [0.717, 1.165) is 32.5 Å². The molecule has 0 spiro atoms. The third kappa shape index (κ3) is 4.32. The van der Waals surface area contributed by atoms with Crippen LogP contribution in [0.3, 0.4) is 0 Å². The maximum atomic E-state index is 12.2. The molecule has 1 fully saturated rings. The number of rotatable bonds is 4. The molecular weight excluding hydrogens is 268 g/mol. The van der Waals surface area contributed by atoms with E-state index in [1.165, 1.54) is 16.8 Å². The summed E-state index contributed by atoms with van der Waals surface area (Å²) in [6.07, 6.45) is 3.75. The van der Waals surface area contributed by atoms with Crippen LogP contribution in [0.5, 0.6) is 0 Å². The molecule has 1 saturated heterocycles. The summed E-state index contributed by atoms with van der Waals surface area (Å²) in [6.45, 7) is 2.97. The number of pyridine rings is 1. The first-order valence-electron chi connectivity index (χ1n) is 7.34. The zero-order valence-electron chi connectivity index (χ0n) is 12.8. The monoisotopic (exact) mass is 292 g/mol. The van der Waals surface area contributed by atoms with Gasteiger partial charge in [-0.15, -0.1) is 0 Å². The number of carbonyl (C=O) groups excluding carboxylic acids is 1. The number of likely N-dealkylation sites (tertiary alicyclic amines) is 1. The minimum Gasteiger partial charge on any atom is -0.398 e. The van der Waals surface area contributed by atoms with E-state index in [9.17, 15) is 9.59 Å². The van der Waals surface area contributed by atoms with E-state index in [0.29, 0.717) is 11.6 Å². The number of anilines is 1. The lowest BCUT2D eigenvalue weighted by atomic mass is 9.97. The van der Waals surface area contributed by atoms with Crippen LogP contribution in [0.15, 0.2) is 23.1 Å². The van der Waals surface area contributed by atoms with E-state index < -0.39 is 0 Å². The van der Waals surface area contributed by atoms with Crippen LogP contribution in [-0.2, 0) is 11.3 Å². The van der Waals surface area contributed by atoms with Gasteiger partial charge in [-0.2, -0.15) is 0 Å². The second-order valence-electron chi connectivity index (χ2n) is 5.95. The first-order chi connectivity index (χ1) is 9.95. The molecule has 0 saturated carbocycles. The number of likely N-dealkylation sites (N-methyl/N-ethyl adjacent to an activating group) is 1. The van der Waals surface area contributed by atoms with Gasteiger partial charge in [-0.1, -0.05) is 0 Å².